The summed E-state index contributed by atoms with van der Waals surface area (Å²) in [5, 5.41) is 9.45. The topological polar surface area (TPSA) is 91.9 Å². The molecule has 182 valence electrons. The molecule has 9 heteroatoms. The summed E-state index contributed by atoms with van der Waals surface area (Å²) in [7, 11) is 1.59. The van der Waals surface area contributed by atoms with E-state index < -0.39 is 0 Å². The minimum Gasteiger partial charge on any atom is -0.497 e. The molecule has 4 rings (SSSR count). The number of benzene rings is 3. The van der Waals surface area contributed by atoms with Gasteiger partial charge in [0, 0.05) is 35.1 Å². The summed E-state index contributed by atoms with van der Waals surface area (Å²) in [6.07, 6.45) is 0. The van der Waals surface area contributed by atoms with E-state index in [4.69, 9.17) is 21.1 Å². The molecule has 1 aliphatic heterocycles. The van der Waals surface area contributed by atoms with Gasteiger partial charge in [-0.1, -0.05) is 11.6 Å². The highest BCUT2D eigenvalue weighted by Gasteiger charge is 2.16. The normalized spacial score (nSPS) is 13.1. The summed E-state index contributed by atoms with van der Waals surface area (Å²) in [5.41, 5.74) is 3.51. The van der Waals surface area contributed by atoms with E-state index >= 15 is 0 Å². The zero-order valence-electron chi connectivity index (χ0n) is 19.3. The molecule has 3 aromatic carbocycles. The summed E-state index contributed by atoms with van der Waals surface area (Å²) in [6, 6.07) is 19.4. The molecule has 0 saturated carbocycles. The molecule has 8 nitrogen and oxygen atoms in total. The lowest BCUT2D eigenvalue weighted by atomic mass is 10.2. The Morgan fingerprint density at radius 1 is 0.943 bits per heavy atom. The van der Waals surface area contributed by atoms with Gasteiger partial charge in [-0.15, -0.1) is 0 Å². The minimum absolute atomic E-state index is 0.0669. The van der Waals surface area contributed by atoms with Crippen LogP contribution in [0.2, 0.25) is 5.02 Å². The van der Waals surface area contributed by atoms with Crippen molar-refractivity contribution in [1.82, 2.24) is 0 Å². The molecule has 0 radical (unpaired) electrons. The number of amides is 2. The van der Waals surface area contributed by atoms with Crippen LogP contribution < -0.4 is 25.6 Å². The van der Waals surface area contributed by atoms with Gasteiger partial charge in [0.1, 0.15) is 5.75 Å². The Balaban J connectivity index is 1.32. The Morgan fingerprint density at radius 3 is 2.29 bits per heavy atom. The molecule has 0 aromatic heterocycles. The van der Waals surface area contributed by atoms with E-state index in [0.29, 0.717) is 40.9 Å². The lowest BCUT2D eigenvalue weighted by molar-refractivity contribution is -0.114. The summed E-state index contributed by atoms with van der Waals surface area (Å²) in [5.74, 6) is 0.255. The molecule has 3 aromatic rings. The minimum atomic E-state index is -0.244. The Morgan fingerprint density at radius 2 is 1.60 bits per heavy atom. The molecule has 1 saturated heterocycles. The van der Waals surface area contributed by atoms with Gasteiger partial charge in [-0.25, -0.2) is 0 Å². The molecule has 0 atom stereocenters. The molecular formula is C26H27ClN4O4. The molecule has 3 N–H and O–H groups in total. The van der Waals surface area contributed by atoms with E-state index in [-0.39, 0.29) is 18.4 Å². The van der Waals surface area contributed by atoms with Gasteiger partial charge in [0.2, 0.25) is 5.91 Å². The van der Waals surface area contributed by atoms with Crippen molar-refractivity contribution in [2.24, 2.45) is 0 Å². The number of rotatable bonds is 8. The monoisotopic (exact) mass is 494 g/mol. The van der Waals surface area contributed by atoms with Gasteiger partial charge in [-0.3, -0.25) is 9.59 Å². The van der Waals surface area contributed by atoms with E-state index in [1.165, 1.54) is 0 Å². The van der Waals surface area contributed by atoms with Crippen LogP contribution in [0.5, 0.6) is 5.75 Å². The first-order valence-corrected chi connectivity index (χ1v) is 11.6. The van der Waals surface area contributed by atoms with Crippen LogP contribution >= 0.6 is 11.6 Å². The van der Waals surface area contributed by atoms with Crippen molar-refractivity contribution in [1.29, 1.82) is 0 Å². The number of carbonyl (C=O) groups excluding carboxylic acids is 2. The second kappa shape index (κ2) is 11.6. The van der Waals surface area contributed by atoms with Gasteiger partial charge in [0.05, 0.1) is 38.2 Å². The van der Waals surface area contributed by atoms with Crippen LogP contribution in [0.1, 0.15) is 10.4 Å². The van der Waals surface area contributed by atoms with Crippen LogP contribution in [0.4, 0.5) is 22.7 Å². The van der Waals surface area contributed by atoms with Gasteiger partial charge in [-0.2, -0.15) is 0 Å². The summed E-state index contributed by atoms with van der Waals surface area (Å²) in [6.45, 7) is 2.95. The first kappa shape index (κ1) is 24.4. The number of hydrogen-bond acceptors (Lipinski definition) is 6. The van der Waals surface area contributed by atoms with Crippen molar-refractivity contribution in [3.63, 3.8) is 0 Å². The maximum atomic E-state index is 12.5. The Labute approximate surface area is 209 Å². The zero-order chi connectivity index (χ0) is 24.6. The number of nitrogens with one attached hydrogen (secondary N) is 3. The van der Waals surface area contributed by atoms with Crippen molar-refractivity contribution in [2.75, 3.05) is 60.8 Å². The number of ether oxygens (including phenoxy) is 2. The highest BCUT2D eigenvalue weighted by atomic mass is 35.5. The third-order valence-electron chi connectivity index (χ3n) is 5.53. The van der Waals surface area contributed by atoms with Crippen LogP contribution in [0.3, 0.4) is 0 Å². The number of methoxy groups -OCH3 is 1. The lowest BCUT2D eigenvalue weighted by Gasteiger charge is -2.30. The predicted octanol–water partition coefficient (Wildman–Crippen LogP) is 4.49. The second-order valence-corrected chi connectivity index (χ2v) is 8.36. The number of halogens is 1. The van der Waals surface area contributed by atoms with E-state index in [0.717, 1.165) is 24.5 Å². The predicted molar refractivity (Wildman–Crippen MR) is 139 cm³/mol. The largest absolute Gasteiger partial charge is 0.497 e. The number of nitrogens with zero attached hydrogens (tertiary/aromatic N) is 1. The van der Waals surface area contributed by atoms with Crippen LogP contribution in [-0.2, 0) is 9.53 Å². The third-order valence-corrected chi connectivity index (χ3v) is 5.76. The van der Waals surface area contributed by atoms with Gasteiger partial charge < -0.3 is 30.3 Å². The highest BCUT2D eigenvalue weighted by Crippen LogP contribution is 2.29. The van der Waals surface area contributed by atoms with Crippen molar-refractivity contribution in [3.8, 4) is 5.75 Å². The second-order valence-electron chi connectivity index (χ2n) is 7.92. The Hall–Kier alpha value is -3.75. The van der Waals surface area contributed by atoms with Crippen molar-refractivity contribution < 1.29 is 19.1 Å². The first-order valence-electron chi connectivity index (χ1n) is 11.2. The lowest BCUT2D eigenvalue weighted by Crippen LogP contribution is -2.36. The molecule has 1 fully saturated rings. The summed E-state index contributed by atoms with van der Waals surface area (Å²) >= 11 is 6.18. The van der Waals surface area contributed by atoms with Crippen LogP contribution in [-0.4, -0.2) is 51.8 Å². The molecule has 0 aliphatic carbocycles. The molecular weight excluding hydrogens is 468 g/mol. The summed E-state index contributed by atoms with van der Waals surface area (Å²) < 4.78 is 10.5. The van der Waals surface area contributed by atoms with E-state index in [1.54, 1.807) is 55.6 Å². The molecule has 0 bridgehead atoms. The van der Waals surface area contributed by atoms with E-state index in [1.807, 2.05) is 18.2 Å². The van der Waals surface area contributed by atoms with Crippen molar-refractivity contribution in [3.05, 3.63) is 77.3 Å². The van der Waals surface area contributed by atoms with E-state index in [2.05, 4.69) is 20.9 Å². The fraction of sp³-hybridized carbons (Fsp3) is 0.231. The zero-order valence-corrected chi connectivity index (χ0v) is 20.1. The van der Waals surface area contributed by atoms with E-state index in [9.17, 15) is 9.59 Å². The van der Waals surface area contributed by atoms with Gasteiger partial charge in [-0.05, 0) is 66.7 Å². The van der Waals surface area contributed by atoms with Gasteiger partial charge >= 0.3 is 0 Å². The highest BCUT2D eigenvalue weighted by molar-refractivity contribution is 6.31. The molecule has 2 amide bonds. The standard InChI is InChI=1S/C26H27ClN4O4/c1-34-22-9-7-21(8-10-22)30-26(33)18-2-5-20(6-3-18)29-25(32)17-28-23-16-19(27)4-11-24(23)31-12-14-35-15-13-31/h2-11,16,28H,12-15,17H2,1H3,(H,29,32)(H,30,33). The van der Waals surface area contributed by atoms with Crippen molar-refractivity contribution >= 4 is 46.2 Å². The Kier molecular flexibility index (Phi) is 8.07. The summed E-state index contributed by atoms with van der Waals surface area (Å²) in [4.78, 5) is 27.2. The molecule has 0 unspecified atom stereocenters. The first-order chi connectivity index (χ1) is 17.0. The quantitative estimate of drug-likeness (QED) is 0.427. The molecule has 1 aliphatic rings. The van der Waals surface area contributed by atoms with Gasteiger partial charge in [0.25, 0.3) is 5.91 Å². The maximum absolute atomic E-state index is 12.5. The van der Waals surface area contributed by atoms with Crippen LogP contribution in [0.15, 0.2) is 66.7 Å². The molecule has 0 spiro atoms. The molecule has 35 heavy (non-hydrogen) atoms. The number of hydrogen-bond donors (Lipinski definition) is 3. The average Bonchev–Trinajstić information content (AvgIpc) is 2.89. The Bertz CT molecular complexity index is 1160. The van der Waals surface area contributed by atoms with Gasteiger partial charge in [0.15, 0.2) is 0 Å². The van der Waals surface area contributed by atoms with Crippen LogP contribution in [0, 0.1) is 0 Å². The fourth-order valence-corrected chi connectivity index (χ4v) is 3.87. The average molecular weight is 495 g/mol. The van der Waals surface area contributed by atoms with Crippen molar-refractivity contribution in [2.45, 2.75) is 0 Å². The number of morpholine rings is 1. The maximum Gasteiger partial charge on any atom is 0.255 e. The number of anilines is 4. The third kappa shape index (κ3) is 6.65. The number of carbonyl (C=O) groups is 2. The molecule has 1 heterocycles. The fourth-order valence-electron chi connectivity index (χ4n) is 3.69. The van der Waals surface area contributed by atoms with Crippen LogP contribution in [0.25, 0.3) is 0 Å². The smallest absolute Gasteiger partial charge is 0.255 e. The SMILES string of the molecule is COc1ccc(NC(=O)c2ccc(NC(=O)CNc3cc(Cl)ccc3N3CCOCC3)cc2)cc1.